The van der Waals surface area contributed by atoms with Crippen LogP contribution in [0.3, 0.4) is 0 Å². The number of nitrogens with zero attached hydrogens (tertiary/aromatic N) is 2. The maximum absolute atomic E-state index is 14.5. The number of sulfonamides is 1. The zero-order valence-corrected chi connectivity index (χ0v) is 21.9. The minimum atomic E-state index is -4.04. The van der Waals surface area contributed by atoms with Crippen LogP contribution in [0.15, 0.2) is 71.2 Å². The van der Waals surface area contributed by atoms with Crippen LogP contribution in [0.1, 0.15) is 30.9 Å². The average Bonchev–Trinajstić information content (AvgIpc) is 3.35. The Morgan fingerprint density at radius 1 is 1.24 bits per heavy atom. The third kappa shape index (κ3) is 6.91. The van der Waals surface area contributed by atoms with E-state index in [2.05, 4.69) is 16.9 Å². The number of allylic oxidation sites excluding steroid dienone is 2. The molecule has 0 bridgehead atoms. The molecular weight excluding hydrogens is 529 g/mol. The van der Waals surface area contributed by atoms with Crippen LogP contribution in [-0.4, -0.2) is 42.6 Å². The smallest absolute Gasteiger partial charge is 0.296 e. The van der Waals surface area contributed by atoms with Crippen molar-refractivity contribution in [2.75, 3.05) is 6.54 Å². The van der Waals surface area contributed by atoms with Crippen molar-refractivity contribution in [1.82, 2.24) is 9.62 Å². The van der Waals surface area contributed by atoms with Crippen molar-refractivity contribution >= 4 is 36.5 Å². The topological polar surface area (TPSA) is 78.8 Å². The van der Waals surface area contributed by atoms with Gasteiger partial charge in [-0.2, -0.15) is 13.1 Å². The van der Waals surface area contributed by atoms with E-state index in [0.717, 1.165) is 34.6 Å². The van der Waals surface area contributed by atoms with Gasteiger partial charge < -0.3 is 5.32 Å². The van der Waals surface area contributed by atoms with Gasteiger partial charge in [0.25, 0.3) is 5.66 Å². The molecule has 0 saturated carbocycles. The van der Waals surface area contributed by atoms with E-state index in [1.807, 2.05) is 0 Å². The number of carbonyl (C=O) groups excluding carboxylic acids is 1. The van der Waals surface area contributed by atoms with E-state index >= 15 is 0 Å². The van der Waals surface area contributed by atoms with Crippen molar-refractivity contribution in [2.45, 2.75) is 42.9 Å². The molecule has 0 aromatic heterocycles. The summed E-state index contributed by atoms with van der Waals surface area (Å²) in [6.45, 7) is 4.68. The fraction of sp³-hybridized carbons (Fsp3) is 0.280. The number of nitrogens with one attached hydrogen (secondary N) is 1. The van der Waals surface area contributed by atoms with Gasteiger partial charge in [-0.25, -0.2) is 17.2 Å². The third-order valence-corrected chi connectivity index (χ3v) is 8.20. The zero-order chi connectivity index (χ0) is 27.4. The molecule has 0 aliphatic carbocycles. The molecule has 2 aromatic rings. The Kier molecular flexibility index (Phi) is 9.05. The Morgan fingerprint density at radius 2 is 1.92 bits per heavy atom. The lowest BCUT2D eigenvalue weighted by atomic mass is 10.0. The summed E-state index contributed by atoms with van der Waals surface area (Å²) >= 11 is 0. The summed E-state index contributed by atoms with van der Waals surface area (Å²) in [7, 11) is -2.65. The van der Waals surface area contributed by atoms with E-state index in [0.29, 0.717) is 17.6 Å². The molecule has 1 unspecified atom stereocenters. The first kappa shape index (κ1) is 28.7. The monoisotopic (exact) mass is 555 g/mol. The number of alkyl halides is 2. The summed E-state index contributed by atoms with van der Waals surface area (Å²) in [6.07, 6.45) is 3.29. The van der Waals surface area contributed by atoms with Gasteiger partial charge in [-0.15, -0.1) is 0 Å². The van der Waals surface area contributed by atoms with Crippen LogP contribution in [0.2, 0.25) is 0 Å². The molecular formula is C25H26F4N3O3PS. The molecule has 2 atom stereocenters. The Hall–Kier alpha value is -2.88. The van der Waals surface area contributed by atoms with E-state index in [9.17, 15) is 30.8 Å². The van der Waals surface area contributed by atoms with E-state index in [1.54, 1.807) is 0 Å². The normalized spacial score (nSPS) is 17.6. The van der Waals surface area contributed by atoms with Gasteiger partial charge in [0.05, 0.1) is 10.6 Å². The molecule has 1 amide bonds. The summed E-state index contributed by atoms with van der Waals surface area (Å²) in [5.41, 5.74) is -2.73. The standard InChI is InChI=1S/C25H26F4N3O3PS/c1-3-17(14-30-16(2)25(28,29)36)18-6-11-22(27)19(13-18)15-31-24(33)23-5-4-12-32(23)37(34,35)21-9-7-20(26)8-10-21/h3,6-11,13-14,23H,1,4-5,12,15,36H2,2H3,(H,31,33)/b17-14+,30-16?/t23-/m0/s1. The Labute approximate surface area is 215 Å². The predicted molar refractivity (Wildman–Crippen MR) is 138 cm³/mol. The van der Waals surface area contributed by atoms with Gasteiger partial charge in [0.2, 0.25) is 15.9 Å². The SMILES string of the molecule is C=C/C(=C\N=C(C)C(F)(F)P)c1ccc(F)c(CNC(=O)[C@@H]2CCCN2S(=O)(=O)c2ccc(F)cc2)c1. The highest BCUT2D eigenvalue weighted by atomic mass is 32.2. The van der Waals surface area contributed by atoms with Crippen LogP contribution < -0.4 is 5.32 Å². The van der Waals surface area contributed by atoms with E-state index in [-0.39, 0.29) is 30.0 Å². The van der Waals surface area contributed by atoms with Crippen molar-refractivity contribution in [3.63, 3.8) is 0 Å². The highest BCUT2D eigenvalue weighted by Gasteiger charge is 2.39. The number of rotatable bonds is 9. The maximum atomic E-state index is 14.5. The second kappa shape index (κ2) is 11.7. The molecule has 1 aliphatic rings. The molecule has 0 spiro atoms. The summed E-state index contributed by atoms with van der Waals surface area (Å²) in [5, 5.41) is 2.58. The van der Waals surface area contributed by atoms with E-state index in [1.165, 1.54) is 40.6 Å². The largest absolute Gasteiger partial charge is 0.351 e. The number of benzene rings is 2. The first-order valence-electron chi connectivity index (χ1n) is 11.2. The van der Waals surface area contributed by atoms with Crippen molar-refractivity contribution < 1.29 is 30.8 Å². The van der Waals surface area contributed by atoms with Crippen molar-refractivity contribution in [3.05, 3.63) is 84.1 Å². The first-order chi connectivity index (χ1) is 17.3. The Bertz CT molecular complexity index is 1340. The summed E-state index contributed by atoms with van der Waals surface area (Å²) < 4.78 is 81.5. The average molecular weight is 556 g/mol. The van der Waals surface area contributed by atoms with Gasteiger partial charge in [0, 0.05) is 24.9 Å². The molecule has 2 aromatic carbocycles. The van der Waals surface area contributed by atoms with E-state index in [4.69, 9.17) is 0 Å². The van der Waals surface area contributed by atoms with Crippen LogP contribution in [0.5, 0.6) is 0 Å². The Balaban J connectivity index is 1.77. The molecule has 1 N–H and O–H groups in total. The number of hydrogen-bond acceptors (Lipinski definition) is 4. The molecule has 3 rings (SSSR count). The van der Waals surface area contributed by atoms with Gasteiger partial charge in [-0.1, -0.05) is 28.0 Å². The number of amides is 1. The molecule has 1 saturated heterocycles. The van der Waals surface area contributed by atoms with Crippen LogP contribution in [0.4, 0.5) is 17.6 Å². The molecule has 1 fully saturated rings. The fourth-order valence-electron chi connectivity index (χ4n) is 3.72. The quantitative estimate of drug-likeness (QED) is 0.207. The van der Waals surface area contributed by atoms with Crippen molar-refractivity contribution in [2.24, 2.45) is 4.99 Å². The second-order valence-electron chi connectivity index (χ2n) is 8.38. The van der Waals surface area contributed by atoms with Crippen LogP contribution in [0, 0.1) is 11.6 Å². The Morgan fingerprint density at radius 3 is 2.54 bits per heavy atom. The molecule has 198 valence electrons. The predicted octanol–water partition coefficient (Wildman–Crippen LogP) is 4.89. The zero-order valence-electron chi connectivity index (χ0n) is 19.9. The van der Waals surface area contributed by atoms with Crippen LogP contribution in [-0.2, 0) is 21.4 Å². The number of halogens is 4. The van der Waals surface area contributed by atoms with E-state index < -0.39 is 45.0 Å². The number of hydrogen-bond donors (Lipinski definition) is 1. The van der Waals surface area contributed by atoms with Gasteiger partial charge in [-0.3, -0.25) is 9.79 Å². The summed E-state index contributed by atoms with van der Waals surface area (Å²) in [5.74, 6) is -1.81. The number of carbonyl (C=O) groups is 1. The molecule has 12 heteroatoms. The van der Waals surface area contributed by atoms with Crippen molar-refractivity contribution in [3.8, 4) is 0 Å². The van der Waals surface area contributed by atoms with Gasteiger partial charge in [-0.05, 0) is 67.3 Å². The molecule has 6 nitrogen and oxygen atoms in total. The summed E-state index contributed by atoms with van der Waals surface area (Å²) in [4.78, 5) is 16.5. The lowest BCUT2D eigenvalue weighted by molar-refractivity contribution is -0.124. The van der Waals surface area contributed by atoms with Crippen LogP contribution in [0.25, 0.3) is 5.57 Å². The minimum Gasteiger partial charge on any atom is -0.351 e. The molecule has 1 aliphatic heterocycles. The summed E-state index contributed by atoms with van der Waals surface area (Å²) in [6, 6.07) is 7.33. The van der Waals surface area contributed by atoms with Gasteiger partial charge >= 0.3 is 0 Å². The maximum Gasteiger partial charge on any atom is 0.296 e. The second-order valence-corrected chi connectivity index (χ2v) is 11.0. The fourth-order valence-corrected chi connectivity index (χ4v) is 5.45. The lowest BCUT2D eigenvalue weighted by Crippen LogP contribution is -2.45. The highest BCUT2D eigenvalue weighted by Crippen LogP contribution is 2.27. The third-order valence-electron chi connectivity index (χ3n) is 5.86. The van der Waals surface area contributed by atoms with Gasteiger partial charge in [0.1, 0.15) is 17.7 Å². The number of aliphatic imine (C=N–C) groups is 1. The minimum absolute atomic E-state index is 0.0987. The molecule has 1 heterocycles. The van der Waals surface area contributed by atoms with Gasteiger partial charge in [0.15, 0.2) is 0 Å². The first-order valence-corrected chi connectivity index (χ1v) is 13.2. The van der Waals surface area contributed by atoms with Crippen LogP contribution >= 0.6 is 9.24 Å². The molecule has 0 radical (unpaired) electrons. The van der Waals surface area contributed by atoms with Crippen molar-refractivity contribution in [1.29, 1.82) is 0 Å². The lowest BCUT2D eigenvalue weighted by Gasteiger charge is -2.23. The highest BCUT2D eigenvalue weighted by molar-refractivity contribution is 7.89. The molecule has 37 heavy (non-hydrogen) atoms.